The summed E-state index contributed by atoms with van der Waals surface area (Å²) in [6.07, 6.45) is 1.26. The monoisotopic (exact) mass is 282 g/mol. The minimum atomic E-state index is 0.0448. The van der Waals surface area contributed by atoms with E-state index in [0.717, 1.165) is 17.8 Å². The van der Waals surface area contributed by atoms with Crippen molar-refractivity contribution in [3.63, 3.8) is 0 Å². The van der Waals surface area contributed by atoms with Gasteiger partial charge in [-0.2, -0.15) is 0 Å². The predicted molar refractivity (Wildman–Crippen MR) is 88.6 cm³/mol. The van der Waals surface area contributed by atoms with Crippen molar-refractivity contribution in [1.29, 1.82) is 0 Å². The number of rotatable bonds is 6. The van der Waals surface area contributed by atoms with Crippen molar-refractivity contribution in [2.45, 2.75) is 32.7 Å². The van der Waals surface area contributed by atoms with Gasteiger partial charge in [-0.1, -0.05) is 30.3 Å². The van der Waals surface area contributed by atoms with Gasteiger partial charge in [-0.3, -0.25) is 4.79 Å². The Morgan fingerprint density at radius 1 is 0.952 bits per heavy atom. The first-order valence-electron chi connectivity index (χ1n) is 7.34. The van der Waals surface area contributed by atoms with Crippen molar-refractivity contribution in [2.24, 2.45) is 0 Å². The molecule has 0 heterocycles. The van der Waals surface area contributed by atoms with Crippen LogP contribution in [-0.4, -0.2) is 11.9 Å². The third kappa shape index (κ3) is 5.30. The summed E-state index contributed by atoms with van der Waals surface area (Å²) < 4.78 is 0. The van der Waals surface area contributed by atoms with E-state index in [-0.39, 0.29) is 5.91 Å². The molecule has 0 atom stereocenters. The Morgan fingerprint density at radius 3 is 2.19 bits per heavy atom. The molecule has 2 N–H and O–H groups in total. The molecule has 0 aromatic heterocycles. The van der Waals surface area contributed by atoms with Gasteiger partial charge in [-0.15, -0.1) is 0 Å². The Morgan fingerprint density at radius 2 is 1.57 bits per heavy atom. The molecule has 0 spiro atoms. The van der Waals surface area contributed by atoms with Gasteiger partial charge in [0.2, 0.25) is 5.91 Å². The van der Waals surface area contributed by atoms with E-state index in [2.05, 4.69) is 24.5 Å². The highest BCUT2D eigenvalue weighted by Crippen LogP contribution is 2.15. The van der Waals surface area contributed by atoms with Crippen molar-refractivity contribution in [3.8, 4) is 0 Å². The maximum absolute atomic E-state index is 11.9. The fraction of sp³-hybridized carbons (Fsp3) is 0.278. The number of carbonyl (C=O) groups is 1. The Labute approximate surface area is 126 Å². The zero-order valence-electron chi connectivity index (χ0n) is 12.6. The summed E-state index contributed by atoms with van der Waals surface area (Å²) in [6, 6.07) is 18.3. The molecule has 0 saturated carbocycles. The zero-order valence-corrected chi connectivity index (χ0v) is 12.6. The number of benzene rings is 2. The van der Waals surface area contributed by atoms with Gasteiger partial charge in [0.05, 0.1) is 0 Å². The van der Waals surface area contributed by atoms with Gasteiger partial charge < -0.3 is 10.6 Å². The standard InChI is InChI=1S/C18H22N2O/c1-14(2)19-16-9-11-17(12-10-16)20-18(21)13-8-15-6-4-3-5-7-15/h3-7,9-12,14,19H,8,13H2,1-2H3,(H,20,21). The highest BCUT2D eigenvalue weighted by Gasteiger charge is 2.03. The first-order chi connectivity index (χ1) is 10.1. The van der Waals surface area contributed by atoms with Crippen LogP contribution in [0.15, 0.2) is 54.6 Å². The van der Waals surface area contributed by atoms with Crippen LogP contribution in [0.2, 0.25) is 0 Å². The van der Waals surface area contributed by atoms with Crippen LogP contribution in [0.25, 0.3) is 0 Å². The smallest absolute Gasteiger partial charge is 0.224 e. The topological polar surface area (TPSA) is 41.1 Å². The second kappa shape index (κ2) is 7.48. The number of hydrogen-bond donors (Lipinski definition) is 2. The summed E-state index contributed by atoms with van der Waals surface area (Å²) >= 11 is 0. The van der Waals surface area contributed by atoms with Crippen LogP contribution in [0.4, 0.5) is 11.4 Å². The van der Waals surface area contributed by atoms with Crippen molar-refractivity contribution >= 4 is 17.3 Å². The highest BCUT2D eigenvalue weighted by atomic mass is 16.1. The van der Waals surface area contributed by atoms with Crippen LogP contribution in [0.1, 0.15) is 25.8 Å². The van der Waals surface area contributed by atoms with E-state index in [4.69, 9.17) is 0 Å². The number of anilines is 2. The molecular formula is C18H22N2O. The average Bonchev–Trinajstić information content (AvgIpc) is 2.48. The number of nitrogens with one attached hydrogen (secondary N) is 2. The lowest BCUT2D eigenvalue weighted by molar-refractivity contribution is -0.116. The molecule has 0 unspecified atom stereocenters. The Kier molecular flexibility index (Phi) is 5.38. The van der Waals surface area contributed by atoms with Crippen LogP contribution in [0, 0.1) is 0 Å². The SMILES string of the molecule is CC(C)Nc1ccc(NC(=O)CCc2ccccc2)cc1. The largest absolute Gasteiger partial charge is 0.383 e. The molecule has 0 aliphatic rings. The van der Waals surface area contributed by atoms with Crippen LogP contribution < -0.4 is 10.6 Å². The third-order valence-electron chi connectivity index (χ3n) is 3.11. The lowest BCUT2D eigenvalue weighted by atomic mass is 10.1. The van der Waals surface area contributed by atoms with E-state index in [1.807, 2.05) is 54.6 Å². The molecule has 3 nitrogen and oxygen atoms in total. The fourth-order valence-corrected chi connectivity index (χ4v) is 2.11. The first kappa shape index (κ1) is 15.1. The fourth-order valence-electron chi connectivity index (χ4n) is 2.11. The molecule has 2 rings (SSSR count). The number of carbonyl (C=O) groups excluding carboxylic acids is 1. The minimum Gasteiger partial charge on any atom is -0.383 e. The molecule has 2 aromatic rings. The highest BCUT2D eigenvalue weighted by molar-refractivity contribution is 5.91. The van der Waals surface area contributed by atoms with Crippen LogP contribution in [-0.2, 0) is 11.2 Å². The number of aryl methyl sites for hydroxylation is 1. The van der Waals surface area contributed by atoms with Gasteiger partial charge in [-0.05, 0) is 50.1 Å². The molecule has 0 aliphatic carbocycles. The van der Waals surface area contributed by atoms with Crippen molar-refractivity contribution < 1.29 is 4.79 Å². The number of amides is 1. The second-order valence-electron chi connectivity index (χ2n) is 5.41. The third-order valence-corrected chi connectivity index (χ3v) is 3.11. The van der Waals surface area contributed by atoms with Gasteiger partial charge in [0.1, 0.15) is 0 Å². The lowest BCUT2D eigenvalue weighted by Gasteiger charge is -2.11. The van der Waals surface area contributed by atoms with E-state index >= 15 is 0 Å². The molecular weight excluding hydrogens is 260 g/mol. The van der Waals surface area contributed by atoms with E-state index < -0.39 is 0 Å². The summed E-state index contributed by atoms with van der Waals surface area (Å²) in [5.41, 5.74) is 3.08. The summed E-state index contributed by atoms with van der Waals surface area (Å²) in [4.78, 5) is 11.9. The molecule has 3 heteroatoms. The average molecular weight is 282 g/mol. The number of hydrogen-bond acceptors (Lipinski definition) is 2. The van der Waals surface area contributed by atoms with Crippen LogP contribution >= 0.6 is 0 Å². The van der Waals surface area contributed by atoms with E-state index in [1.54, 1.807) is 0 Å². The Bertz CT molecular complexity index is 562. The van der Waals surface area contributed by atoms with Crippen molar-refractivity contribution in [3.05, 3.63) is 60.2 Å². The van der Waals surface area contributed by atoms with Crippen LogP contribution in [0.5, 0.6) is 0 Å². The molecule has 0 aliphatic heterocycles. The van der Waals surface area contributed by atoms with Crippen molar-refractivity contribution in [1.82, 2.24) is 0 Å². The minimum absolute atomic E-state index is 0.0448. The first-order valence-corrected chi connectivity index (χ1v) is 7.34. The molecule has 110 valence electrons. The summed E-state index contributed by atoms with van der Waals surface area (Å²) in [5.74, 6) is 0.0448. The zero-order chi connectivity index (χ0) is 15.1. The normalized spacial score (nSPS) is 10.4. The molecule has 0 saturated heterocycles. The molecule has 2 aromatic carbocycles. The van der Waals surface area contributed by atoms with Crippen LogP contribution in [0.3, 0.4) is 0 Å². The molecule has 21 heavy (non-hydrogen) atoms. The molecule has 1 amide bonds. The van der Waals surface area contributed by atoms with Gasteiger partial charge in [0.25, 0.3) is 0 Å². The predicted octanol–water partition coefficient (Wildman–Crippen LogP) is 4.08. The maximum atomic E-state index is 11.9. The Hall–Kier alpha value is -2.29. The lowest BCUT2D eigenvalue weighted by Crippen LogP contribution is -2.13. The molecule has 0 fully saturated rings. The van der Waals surface area contributed by atoms with Gasteiger partial charge >= 0.3 is 0 Å². The summed E-state index contributed by atoms with van der Waals surface area (Å²) in [5, 5.41) is 6.25. The molecule has 0 radical (unpaired) electrons. The van der Waals surface area contributed by atoms with E-state index in [1.165, 1.54) is 5.56 Å². The van der Waals surface area contributed by atoms with Crippen molar-refractivity contribution in [2.75, 3.05) is 10.6 Å². The van der Waals surface area contributed by atoms with Gasteiger partial charge in [0, 0.05) is 23.8 Å². The summed E-state index contributed by atoms with van der Waals surface area (Å²) in [6.45, 7) is 4.19. The molecule has 0 bridgehead atoms. The van der Waals surface area contributed by atoms with Gasteiger partial charge in [-0.25, -0.2) is 0 Å². The maximum Gasteiger partial charge on any atom is 0.224 e. The quantitative estimate of drug-likeness (QED) is 0.838. The Balaban J connectivity index is 1.82. The second-order valence-corrected chi connectivity index (χ2v) is 5.41. The van der Waals surface area contributed by atoms with Gasteiger partial charge in [0.15, 0.2) is 0 Å². The van der Waals surface area contributed by atoms with E-state index in [0.29, 0.717) is 12.5 Å². The van der Waals surface area contributed by atoms with E-state index in [9.17, 15) is 4.79 Å². The summed E-state index contributed by atoms with van der Waals surface area (Å²) in [7, 11) is 0.